The Morgan fingerprint density at radius 2 is 1.93 bits per heavy atom. The summed E-state index contributed by atoms with van der Waals surface area (Å²) in [5.41, 5.74) is 13.5. The summed E-state index contributed by atoms with van der Waals surface area (Å²) in [6, 6.07) is 14.9. The summed E-state index contributed by atoms with van der Waals surface area (Å²) in [5, 5.41) is 36.1. The number of nitrogens with two attached hydrogens (primary N) is 2. The number of anilines is 2. The molecular weight excluding hydrogens is 727 g/mol. The van der Waals surface area contributed by atoms with Crippen LogP contribution >= 0.6 is 0 Å². The molecule has 2 aliphatic heterocycles. The Morgan fingerprint density at radius 3 is 2.63 bits per heavy atom. The van der Waals surface area contributed by atoms with E-state index in [0.717, 1.165) is 11.6 Å². The number of fused-ring (bicyclic) bond motifs is 3. The largest absolute Gasteiger partial charge is 0.508 e. The number of nitrogens with one attached hydrogen (secondary N) is 1. The van der Waals surface area contributed by atoms with Crippen molar-refractivity contribution in [3.63, 3.8) is 0 Å². The number of phenolic OH excluding ortho intramolecular Hbond substituents is 2. The van der Waals surface area contributed by atoms with Crippen LogP contribution in [0.15, 0.2) is 87.9 Å². The van der Waals surface area contributed by atoms with Crippen molar-refractivity contribution in [2.45, 2.75) is 69.7 Å². The van der Waals surface area contributed by atoms with Crippen molar-refractivity contribution in [1.82, 2.24) is 15.3 Å². The van der Waals surface area contributed by atoms with Crippen LogP contribution in [-0.2, 0) is 29.0 Å². The van der Waals surface area contributed by atoms with Crippen LogP contribution in [0.4, 0.5) is 11.6 Å². The second-order valence-electron chi connectivity index (χ2n) is 14.6. The fourth-order valence-corrected chi connectivity index (χ4v) is 8.03. The molecule has 5 heterocycles. The average molecular weight is 772 g/mol. The molecule has 8 N–H and O–H groups in total. The topological polar surface area (TPSA) is 216 Å². The van der Waals surface area contributed by atoms with Gasteiger partial charge in [0.2, 0.25) is 0 Å². The van der Waals surface area contributed by atoms with Gasteiger partial charge in [0, 0.05) is 59.8 Å². The highest BCUT2D eigenvalue weighted by atomic mass is 16.6. The smallest absolute Gasteiger partial charge is 0.334 e. The van der Waals surface area contributed by atoms with E-state index < -0.39 is 53.2 Å². The third-order valence-corrected chi connectivity index (χ3v) is 11.1. The summed E-state index contributed by atoms with van der Waals surface area (Å²) in [5.74, 6) is 4.81. The lowest BCUT2D eigenvalue weighted by atomic mass is 9.71. The number of allylic oxidation sites excluding steroid dienone is 1. The lowest BCUT2D eigenvalue weighted by Crippen LogP contribution is -2.57. The average Bonchev–Trinajstić information content (AvgIpc) is 3.19. The lowest BCUT2D eigenvalue weighted by Gasteiger charge is -2.47. The minimum Gasteiger partial charge on any atom is -0.508 e. The first-order valence-corrected chi connectivity index (χ1v) is 18.8. The van der Waals surface area contributed by atoms with Gasteiger partial charge in [0.05, 0.1) is 5.92 Å². The van der Waals surface area contributed by atoms with Crippen LogP contribution in [0.25, 0.3) is 11.0 Å². The first kappa shape index (κ1) is 38.9. The number of aliphatic hydroxyl groups is 1. The Bertz CT molecular complexity index is 2490. The molecule has 294 valence electrons. The second-order valence-corrected chi connectivity index (χ2v) is 14.6. The van der Waals surface area contributed by atoms with Crippen molar-refractivity contribution in [1.29, 1.82) is 0 Å². The van der Waals surface area contributed by atoms with Crippen LogP contribution in [0.1, 0.15) is 72.1 Å². The van der Waals surface area contributed by atoms with Crippen molar-refractivity contribution < 1.29 is 34.0 Å². The molecule has 3 aromatic heterocycles. The number of rotatable bonds is 10. The number of nitrogen functional groups attached to an aromatic ring is 2. The van der Waals surface area contributed by atoms with Gasteiger partial charge in [0.25, 0.3) is 0 Å². The molecule has 0 aliphatic carbocycles. The predicted octanol–water partition coefficient (Wildman–Crippen LogP) is 4.99. The first-order valence-electron chi connectivity index (χ1n) is 18.8. The number of nitrogens with zero attached hydrogens (tertiary/aromatic N) is 2. The molecule has 2 aliphatic rings. The van der Waals surface area contributed by atoms with Gasteiger partial charge in [-0.1, -0.05) is 30.2 Å². The highest BCUT2D eigenvalue weighted by Gasteiger charge is 2.52. The SMILES string of the molecule is CC=C(CCNC)C(=O)OC1Cc2c3c(c4oc(CO)cc(=O)c4c2O)C(c2ccnc(N)c2)C(c2cccc(O)c2)C#CCC(Cc2ccc(N)nc2)C1(C)O3. The number of benzene rings is 2. The van der Waals surface area contributed by atoms with Gasteiger partial charge in [0.1, 0.15) is 63.9 Å². The van der Waals surface area contributed by atoms with Crippen molar-refractivity contribution >= 4 is 28.6 Å². The zero-order valence-electron chi connectivity index (χ0n) is 31.9. The summed E-state index contributed by atoms with van der Waals surface area (Å²) in [4.78, 5) is 36.5. The van der Waals surface area contributed by atoms with Gasteiger partial charge in [-0.15, -0.1) is 5.92 Å². The summed E-state index contributed by atoms with van der Waals surface area (Å²) in [6.45, 7) is 3.59. The Kier molecular flexibility index (Phi) is 10.9. The van der Waals surface area contributed by atoms with E-state index in [4.69, 9.17) is 25.4 Å². The number of ether oxygens (including phenoxy) is 2. The number of aromatic hydroxyl groups is 2. The van der Waals surface area contributed by atoms with E-state index in [0.29, 0.717) is 47.5 Å². The Labute approximate surface area is 329 Å². The molecule has 7 rings (SSSR count). The molecule has 5 atom stereocenters. The zero-order valence-corrected chi connectivity index (χ0v) is 31.9. The fourth-order valence-electron chi connectivity index (χ4n) is 8.03. The van der Waals surface area contributed by atoms with Crippen molar-refractivity contribution in [2.24, 2.45) is 5.92 Å². The molecular formula is C44H45N5O8. The van der Waals surface area contributed by atoms with Crippen LogP contribution in [0, 0.1) is 17.8 Å². The van der Waals surface area contributed by atoms with Crippen LogP contribution in [0.2, 0.25) is 0 Å². The number of aromatic nitrogens is 2. The second kappa shape index (κ2) is 16.0. The highest BCUT2D eigenvalue weighted by molar-refractivity contribution is 5.92. The van der Waals surface area contributed by atoms with E-state index in [9.17, 15) is 24.9 Å². The van der Waals surface area contributed by atoms with Crippen LogP contribution in [-0.4, -0.2) is 56.6 Å². The summed E-state index contributed by atoms with van der Waals surface area (Å²) in [6.07, 6.45) is 5.01. The number of hydrogen-bond donors (Lipinski definition) is 6. The Balaban J connectivity index is 1.57. The number of pyridine rings is 2. The number of phenols is 2. The number of aliphatic hydroxyl groups excluding tert-OH is 1. The van der Waals surface area contributed by atoms with Gasteiger partial charge in [-0.25, -0.2) is 14.8 Å². The zero-order chi connectivity index (χ0) is 40.4. The molecule has 5 aromatic rings. The molecule has 13 nitrogen and oxygen atoms in total. The number of hydrogen-bond acceptors (Lipinski definition) is 13. The Morgan fingerprint density at radius 1 is 1.11 bits per heavy atom. The van der Waals surface area contributed by atoms with Gasteiger partial charge in [-0.05, 0) is 87.3 Å². The first-order chi connectivity index (χ1) is 27.4. The Hall–Kier alpha value is -6.36. The van der Waals surface area contributed by atoms with E-state index in [1.54, 1.807) is 68.8 Å². The van der Waals surface area contributed by atoms with Crippen molar-refractivity contribution in [3.05, 3.63) is 122 Å². The maximum absolute atomic E-state index is 14.0. The summed E-state index contributed by atoms with van der Waals surface area (Å²) in [7, 11) is 1.80. The molecule has 5 unspecified atom stereocenters. The minimum absolute atomic E-state index is 0.0171. The fraction of sp³-hybridized carbons (Fsp3) is 0.318. The molecule has 0 saturated heterocycles. The van der Waals surface area contributed by atoms with Crippen LogP contribution in [0.5, 0.6) is 17.2 Å². The van der Waals surface area contributed by atoms with Gasteiger partial charge < -0.3 is 46.0 Å². The summed E-state index contributed by atoms with van der Waals surface area (Å²) < 4.78 is 20.0. The maximum Gasteiger partial charge on any atom is 0.334 e. The van der Waals surface area contributed by atoms with Crippen molar-refractivity contribution in [3.8, 4) is 29.1 Å². The monoisotopic (exact) mass is 771 g/mol. The van der Waals surface area contributed by atoms with E-state index >= 15 is 0 Å². The molecule has 0 amide bonds. The van der Waals surface area contributed by atoms with Crippen molar-refractivity contribution in [2.75, 3.05) is 25.1 Å². The highest BCUT2D eigenvalue weighted by Crippen LogP contribution is 2.55. The number of esters is 1. The molecule has 0 radical (unpaired) electrons. The molecule has 57 heavy (non-hydrogen) atoms. The lowest BCUT2D eigenvalue weighted by molar-refractivity contribution is -0.164. The molecule has 0 fully saturated rings. The van der Waals surface area contributed by atoms with Gasteiger partial charge in [0.15, 0.2) is 5.43 Å². The third-order valence-electron chi connectivity index (χ3n) is 11.1. The quantitative estimate of drug-likeness (QED) is 0.0628. The van der Waals surface area contributed by atoms with Gasteiger partial charge in [-0.2, -0.15) is 0 Å². The van der Waals surface area contributed by atoms with E-state index in [1.807, 2.05) is 19.1 Å². The van der Waals surface area contributed by atoms with E-state index in [2.05, 4.69) is 27.1 Å². The van der Waals surface area contributed by atoms with E-state index in [1.165, 1.54) is 0 Å². The summed E-state index contributed by atoms with van der Waals surface area (Å²) >= 11 is 0. The van der Waals surface area contributed by atoms with Crippen LogP contribution < -0.4 is 26.9 Å². The normalized spacial score (nSPS) is 21.6. The molecule has 0 spiro atoms. The molecule has 2 bridgehead atoms. The predicted molar refractivity (Wildman–Crippen MR) is 215 cm³/mol. The maximum atomic E-state index is 14.0. The van der Waals surface area contributed by atoms with Gasteiger partial charge in [-0.3, -0.25) is 4.79 Å². The van der Waals surface area contributed by atoms with Gasteiger partial charge >= 0.3 is 5.97 Å². The molecule has 0 saturated carbocycles. The van der Waals surface area contributed by atoms with E-state index in [-0.39, 0.29) is 52.5 Å². The molecule has 13 heteroatoms. The number of carbonyl (C=O) groups is 1. The van der Waals surface area contributed by atoms with Crippen LogP contribution in [0.3, 0.4) is 0 Å². The minimum atomic E-state index is -1.30. The molecule has 2 aromatic carbocycles. The third kappa shape index (κ3) is 7.49. The number of carbonyl (C=O) groups excluding carboxylic acids is 1. The standard InChI is InChI=1S/C44H45N5O8/c1-4-25(13-15-47-3)43(54)56-34-21-32-40(53)38-33(52)20-30(23-50)55-42(38)39-37(27-14-16-48-36(46)19-27)31(26-7-5-9-29(51)18-26)10-6-8-28(44(34,2)57-41(32)39)17-24-11-12-35(45)49-22-24/h4-5,7,9,11-12,14,16,18-20,22,28,31,34,37,47,50-51,53H,8,13,15,17,21,23H2,1-3H3,(H2,45,49)(H2,46,48).